The van der Waals surface area contributed by atoms with Gasteiger partial charge in [0.2, 0.25) is 5.91 Å². The van der Waals surface area contributed by atoms with E-state index >= 15 is 0 Å². The van der Waals surface area contributed by atoms with Crippen molar-refractivity contribution >= 4 is 11.6 Å². The van der Waals surface area contributed by atoms with Gasteiger partial charge in [0.15, 0.2) is 0 Å². The summed E-state index contributed by atoms with van der Waals surface area (Å²) in [4.78, 5) is 14.6. The van der Waals surface area contributed by atoms with E-state index in [4.69, 9.17) is 5.11 Å². The molecule has 0 radical (unpaired) electrons. The van der Waals surface area contributed by atoms with Crippen LogP contribution in [0.2, 0.25) is 0 Å². The topological polar surface area (TPSA) is 40.5 Å². The Morgan fingerprint density at radius 2 is 1.80 bits per heavy atom. The maximum atomic E-state index is 14.1. The maximum Gasteiger partial charge on any atom is 0.227 e. The van der Waals surface area contributed by atoms with E-state index in [0.29, 0.717) is 31.4 Å². The molecule has 1 aliphatic rings. The highest BCUT2D eigenvalue weighted by molar-refractivity contribution is 5.95. The predicted molar refractivity (Wildman–Crippen MR) is 116 cm³/mol. The number of benzene rings is 2. The van der Waals surface area contributed by atoms with Gasteiger partial charge >= 0.3 is 0 Å². The molecule has 5 heteroatoms. The first kappa shape index (κ1) is 22.4. The quantitative estimate of drug-likeness (QED) is 0.597. The molecule has 3 rings (SSSR count). The number of aryl methyl sites for hydroxylation is 3. The molecule has 0 spiro atoms. The summed E-state index contributed by atoms with van der Waals surface area (Å²) in [7, 11) is 0. The Morgan fingerprint density at radius 1 is 1.07 bits per heavy atom. The molecule has 162 valence electrons. The number of aliphatic hydroxyl groups is 1. The van der Waals surface area contributed by atoms with Crippen molar-refractivity contribution in [3.05, 3.63) is 64.2 Å². The second-order valence-corrected chi connectivity index (χ2v) is 8.46. The van der Waals surface area contributed by atoms with Crippen LogP contribution in [0.5, 0.6) is 0 Å². The molecule has 2 aromatic carbocycles. The second kappa shape index (κ2) is 10.2. The van der Waals surface area contributed by atoms with Gasteiger partial charge in [-0.25, -0.2) is 8.78 Å². The highest BCUT2D eigenvalue weighted by atomic mass is 19.1. The monoisotopic (exact) mass is 415 g/mol. The zero-order valence-electron chi connectivity index (χ0n) is 17.9. The van der Waals surface area contributed by atoms with Gasteiger partial charge in [0.1, 0.15) is 11.6 Å². The largest absolute Gasteiger partial charge is 0.396 e. The lowest BCUT2D eigenvalue weighted by atomic mass is 9.89. The number of piperidine rings is 1. The molecule has 1 N–H and O–H groups in total. The van der Waals surface area contributed by atoms with Crippen molar-refractivity contribution in [3.63, 3.8) is 0 Å². The first-order chi connectivity index (χ1) is 14.4. The molecule has 1 atom stereocenters. The van der Waals surface area contributed by atoms with Crippen molar-refractivity contribution in [2.75, 3.05) is 18.1 Å². The van der Waals surface area contributed by atoms with Gasteiger partial charge in [-0.05, 0) is 80.2 Å². The van der Waals surface area contributed by atoms with Crippen LogP contribution in [0.1, 0.15) is 54.4 Å². The number of unbranched alkanes of at least 4 members (excludes halogenated alkanes) is 2. The number of anilines is 1. The number of hydrogen-bond donors (Lipinski definition) is 1. The first-order valence-electron chi connectivity index (χ1n) is 10.8. The Balaban J connectivity index is 1.74. The molecule has 3 nitrogen and oxygen atoms in total. The average Bonchev–Trinajstić information content (AvgIpc) is 2.69. The van der Waals surface area contributed by atoms with Gasteiger partial charge in [0.05, 0.1) is 0 Å². The van der Waals surface area contributed by atoms with Gasteiger partial charge in [0.25, 0.3) is 0 Å². The van der Waals surface area contributed by atoms with Crippen molar-refractivity contribution in [1.82, 2.24) is 0 Å². The number of aliphatic hydroxyl groups excluding tert-OH is 1. The summed E-state index contributed by atoms with van der Waals surface area (Å²) in [5.74, 6) is -0.844. The lowest BCUT2D eigenvalue weighted by Gasteiger charge is -2.35. The van der Waals surface area contributed by atoms with Crippen molar-refractivity contribution in [2.24, 2.45) is 5.92 Å². The fourth-order valence-corrected chi connectivity index (χ4v) is 4.53. The molecule has 1 aliphatic heterocycles. The number of carbonyl (C=O) groups is 1. The van der Waals surface area contributed by atoms with Crippen LogP contribution in [0, 0.1) is 31.4 Å². The second-order valence-electron chi connectivity index (χ2n) is 8.46. The SMILES string of the molecule is Cc1cc(CCCCCO)cc(C)c1N1CC(Cc2ccc(F)cc2F)CCC1=O. The van der Waals surface area contributed by atoms with Crippen LogP contribution >= 0.6 is 0 Å². The number of nitrogens with zero attached hydrogens (tertiary/aromatic N) is 1. The van der Waals surface area contributed by atoms with Crippen molar-refractivity contribution in [1.29, 1.82) is 0 Å². The normalized spacial score (nSPS) is 16.9. The van der Waals surface area contributed by atoms with E-state index in [0.717, 1.165) is 48.6 Å². The minimum atomic E-state index is -0.570. The van der Waals surface area contributed by atoms with Gasteiger partial charge in [-0.3, -0.25) is 4.79 Å². The van der Waals surface area contributed by atoms with Crippen LogP contribution in [0.15, 0.2) is 30.3 Å². The number of carbonyl (C=O) groups excluding carboxylic acids is 1. The first-order valence-corrected chi connectivity index (χ1v) is 10.8. The Labute approximate surface area is 177 Å². The highest BCUT2D eigenvalue weighted by Gasteiger charge is 2.29. The van der Waals surface area contributed by atoms with Crippen molar-refractivity contribution in [3.8, 4) is 0 Å². The Bertz CT molecular complexity index is 874. The van der Waals surface area contributed by atoms with E-state index < -0.39 is 11.6 Å². The van der Waals surface area contributed by atoms with Crippen LogP contribution in [-0.4, -0.2) is 24.2 Å². The van der Waals surface area contributed by atoms with Gasteiger partial charge in [0, 0.05) is 31.3 Å². The van der Waals surface area contributed by atoms with E-state index in [1.165, 1.54) is 17.7 Å². The van der Waals surface area contributed by atoms with Gasteiger partial charge in [-0.2, -0.15) is 0 Å². The zero-order valence-corrected chi connectivity index (χ0v) is 17.9. The third-order valence-electron chi connectivity index (χ3n) is 5.98. The number of amides is 1. The molecular formula is C25H31F2NO2. The predicted octanol–water partition coefficient (Wildman–Crippen LogP) is 5.27. The summed E-state index contributed by atoms with van der Waals surface area (Å²) in [6.07, 6.45) is 5.48. The molecular weight excluding hydrogens is 384 g/mol. The summed E-state index contributed by atoms with van der Waals surface area (Å²) in [5.41, 5.74) is 4.87. The van der Waals surface area contributed by atoms with Crippen molar-refractivity contribution < 1.29 is 18.7 Å². The molecule has 1 fully saturated rings. The minimum absolute atomic E-state index is 0.104. The lowest BCUT2D eigenvalue weighted by Crippen LogP contribution is -2.41. The molecule has 30 heavy (non-hydrogen) atoms. The summed E-state index contributed by atoms with van der Waals surface area (Å²) in [6, 6.07) is 8.02. The zero-order chi connectivity index (χ0) is 21.7. The summed E-state index contributed by atoms with van der Waals surface area (Å²) in [6.45, 7) is 4.86. The Morgan fingerprint density at radius 3 is 2.47 bits per heavy atom. The van der Waals surface area contributed by atoms with Gasteiger partial charge in [-0.15, -0.1) is 0 Å². The summed E-state index contributed by atoms with van der Waals surface area (Å²) >= 11 is 0. The summed E-state index contributed by atoms with van der Waals surface area (Å²) < 4.78 is 27.3. The maximum absolute atomic E-state index is 14.1. The number of hydrogen-bond acceptors (Lipinski definition) is 2. The molecule has 0 aliphatic carbocycles. The van der Waals surface area contributed by atoms with Crippen LogP contribution in [-0.2, 0) is 17.6 Å². The molecule has 1 amide bonds. The fraction of sp³-hybridized carbons (Fsp3) is 0.480. The van der Waals surface area contributed by atoms with E-state index in [1.54, 1.807) is 0 Å². The van der Waals surface area contributed by atoms with Crippen LogP contribution in [0.3, 0.4) is 0 Å². The lowest BCUT2D eigenvalue weighted by molar-refractivity contribution is -0.120. The van der Waals surface area contributed by atoms with Crippen molar-refractivity contribution in [2.45, 2.75) is 58.8 Å². The van der Waals surface area contributed by atoms with Crippen LogP contribution in [0.4, 0.5) is 14.5 Å². The third-order valence-corrected chi connectivity index (χ3v) is 5.98. The highest BCUT2D eigenvalue weighted by Crippen LogP contribution is 2.33. The molecule has 2 aromatic rings. The molecule has 1 saturated heterocycles. The van der Waals surface area contributed by atoms with E-state index in [-0.39, 0.29) is 18.4 Å². The van der Waals surface area contributed by atoms with E-state index in [2.05, 4.69) is 12.1 Å². The molecule has 0 saturated carbocycles. The molecule has 1 heterocycles. The number of rotatable bonds is 8. The smallest absolute Gasteiger partial charge is 0.227 e. The minimum Gasteiger partial charge on any atom is -0.396 e. The Hall–Kier alpha value is -2.27. The molecule has 0 aromatic heterocycles. The molecule has 1 unspecified atom stereocenters. The van der Waals surface area contributed by atoms with Crippen LogP contribution in [0.25, 0.3) is 0 Å². The fourth-order valence-electron chi connectivity index (χ4n) is 4.53. The van der Waals surface area contributed by atoms with E-state index in [9.17, 15) is 13.6 Å². The van der Waals surface area contributed by atoms with Gasteiger partial charge in [-0.1, -0.05) is 24.6 Å². The number of halogens is 2. The standard InChI is InChI=1S/C25H31F2NO2/c1-17-12-19(6-4-3-5-11-29)13-18(2)25(17)28-16-20(7-10-24(28)30)14-21-8-9-22(26)15-23(21)27/h8-9,12-13,15,20,29H,3-7,10-11,14,16H2,1-2H3. The average molecular weight is 416 g/mol. The van der Waals surface area contributed by atoms with Crippen LogP contribution < -0.4 is 4.90 Å². The third kappa shape index (κ3) is 5.45. The Kier molecular flexibility index (Phi) is 7.59. The summed E-state index contributed by atoms with van der Waals surface area (Å²) in [5, 5.41) is 8.92. The van der Waals surface area contributed by atoms with E-state index in [1.807, 2.05) is 18.7 Å². The van der Waals surface area contributed by atoms with Gasteiger partial charge < -0.3 is 10.0 Å². The molecule has 0 bridgehead atoms.